The first-order valence-corrected chi connectivity index (χ1v) is 8.31. The van der Waals surface area contributed by atoms with Crippen molar-refractivity contribution in [3.63, 3.8) is 0 Å². The van der Waals surface area contributed by atoms with Crippen molar-refractivity contribution in [2.45, 2.75) is 38.6 Å². The van der Waals surface area contributed by atoms with Crippen molar-refractivity contribution < 1.29 is 23.7 Å². The zero-order valence-corrected chi connectivity index (χ0v) is 14.1. The number of amides is 1. The maximum Gasteiger partial charge on any atom is 0.225 e. The summed E-state index contributed by atoms with van der Waals surface area (Å²) in [5.74, 6) is 0.219. The molecule has 1 aliphatic heterocycles. The van der Waals surface area contributed by atoms with Gasteiger partial charge in [0.2, 0.25) is 5.91 Å². The average Bonchev–Trinajstić information content (AvgIpc) is 3.01. The average molecular weight is 317 g/mol. The minimum atomic E-state index is 0.219. The van der Waals surface area contributed by atoms with E-state index < -0.39 is 0 Å². The quantitative estimate of drug-likeness (QED) is 0.482. The number of carbonyl (C=O) groups excluding carboxylic acids is 1. The SMILES string of the molecule is CCC1CCCN1C(=O)CCOCCOCCOCCOC. The largest absolute Gasteiger partial charge is 0.382 e. The Hall–Kier alpha value is -0.690. The van der Waals surface area contributed by atoms with E-state index in [1.807, 2.05) is 4.90 Å². The summed E-state index contributed by atoms with van der Waals surface area (Å²) in [5, 5.41) is 0. The van der Waals surface area contributed by atoms with Crippen LogP contribution in [-0.2, 0) is 23.7 Å². The second-order valence-electron chi connectivity index (χ2n) is 5.37. The molecule has 0 radical (unpaired) electrons. The second kappa shape index (κ2) is 12.8. The molecule has 1 unspecified atom stereocenters. The van der Waals surface area contributed by atoms with Crippen LogP contribution < -0.4 is 0 Å². The van der Waals surface area contributed by atoms with E-state index in [1.54, 1.807) is 7.11 Å². The number of methoxy groups -OCH3 is 1. The lowest BCUT2D eigenvalue weighted by Gasteiger charge is -2.23. The fourth-order valence-corrected chi connectivity index (χ4v) is 2.58. The summed E-state index contributed by atoms with van der Waals surface area (Å²) in [6.07, 6.45) is 3.79. The molecule has 0 aromatic carbocycles. The summed E-state index contributed by atoms with van der Waals surface area (Å²) in [6, 6.07) is 0.439. The van der Waals surface area contributed by atoms with Gasteiger partial charge in [-0.3, -0.25) is 4.79 Å². The molecule has 6 heteroatoms. The van der Waals surface area contributed by atoms with Crippen LogP contribution in [0.25, 0.3) is 0 Å². The van der Waals surface area contributed by atoms with Gasteiger partial charge >= 0.3 is 0 Å². The first kappa shape index (κ1) is 19.4. The molecule has 0 saturated carbocycles. The van der Waals surface area contributed by atoms with Crippen LogP contribution in [0.5, 0.6) is 0 Å². The number of hydrogen-bond donors (Lipinski definition) is 0. The van der Waals surface area contributed by atoms with E-state index in [2.05, 4.69) is 6.92 Å². The first-order valence-electron chi connectivity index (χ1n) is 8.31. The molecule has 1 heterocycles. The smallest absolute Gasteiger partial charge is 0.225 e. The lowest BCUT2D eigenvalue weighted by molar-refractivity contribution is -0.133. The Morgan fingerprint density at radius 3 is 2.18 bits per heavy atom. The van der Waals surface area contributed by atoms with Crippen LogP contribution in [0.4, 0.5) is 0 Å². The fraction of sp³-hybridized carbons (Fsp3) is 0.938. The lowest BCUT2D eigenvalue weighted by Crippen LogP contribution is -2.35. The van der Waals surface area contributed by atoms with Crippen LogP contribution >= 0.6 is 0 Å². The topological polar surface area (TPSA) is 57.2 Å². The summed E-state index contributed by atoms with van der Waals surface area (Å²) in [6.45, 7) is 6.88. The van der Waals surface area contributed by atoms with E-state index in [-0.39, 0.29) is 5.91 Å². The Morgan fingerprint density at radius 2 is 1.59 bits per heavy atom. The Balaban J connectivity index is 1.88. The van der Waals surface area contributed by atoms with Crippen molar-refractivity contribution in [2.75, 3.05) is 59.9 Å². The minimum Gasteiger partial charge on any atom is -0.382 e. The molecule has 0 aromatic rings. The third kappa shape index (κ3) is 8.08. The predicted molar refractivity (Wildman–Crippen MR) is 84.0 cm³/mol. The minimum absolute atomic E-state index is 0.219. The Kier molecular flexibility index (Phi) is 11.3. The molecule has 22 heavy (non-hydrogen) atoms. The molecular formula is C16H31NO5. The third-order valence-electron chi connectivity index (χ3n) is 3.80. The molecule has 0 bridgehead atoms. The van der Waals surface area contributed by atoms with Crippen LogP contribution in [0, 0.1) is 0 Å². The van der Waals surface area contributed by atoms with Crippen LogP contribution in [0.1, 0.15) is 32.6 Å². The van der Waals surface area contributed by atoms with Gasteiger partial charge in [0, 0.05) is 19.7 Å². The van der Waals surface area contributed by atoms with Crippen molar-refractivity contribution in [1.29, 1.82) is 0 Å². The van der Waals surface area contributed by atoms with Gasteiger partial charge < -0.3 is 23.8 Å². The number of likely N-dealkylation sites (tertiary alicyclic amines) is 1. The summed E-state index contributed by atoms with van der Waals surface area (Å²) < 4.78 is 21.0. The maximum absolute atomic E-state index is 12.1. The number of carbonyl (C=O) groups is 1. The van der Waals surface area contributed by atoms with Crippen LogP contribution in [0.2, 0.25) is 0 Å². The van der Waals surface area contributed by atoms with Crippen LogP contribution in [0.3, 0.4) is 0 Å². The highest BCUT2D eigenvalue weighted by Gasteiger charge is 2.26. The van der Waals surface area contributed by atoms with Gasteiger partial charge in [-0.1, -0.05) is 6.92 Å². The molecule has 1 atom stereocenters. The second-order valence-corrected chi connectivity index (χ2v) is 5.37. The van der Waals surface area contributed by atoms with Gasteiger partial charge in [-0.15, -0.1) is 0 Å². The van der Waals surface area contributed by atoms with E-state index in [0.717, 1.165) is 25.8 Å². The molecule has 0 aromatic heterocycles. The molecule has 0 N–H and O–H groups in total. The standard InChI is InChI=1S/C16H31NO5/c1-3-15-5-4-7-17(15)16(18)6-8-20-11-12-22-14-13-21-10-9-19-2/h15H,3-14H2,1-2H3. The zero-order chi connectivity index (χ0) is 16.0. The fourth-order valence-electron chi connectivity index (χ4n) is 2.58. The van der Waals surface area contributed by atoms with Gasteiger partial charge in [-0.2, -0.15) is 0 Å². The molecular weight excluding hydrogens is 286 g/mol. The number of nitrogens with zero attached hydrogens (tertiary/aromatic N) is 1. The number of ether oxygens (including phenoxy) is 4. The van der Waals surface area contributed by atoms with E-state index in [1.165, 1.54) is 0 Å². The Bertz CT molecular complexity index is 288. The van der Waals surface area contributed by atoms with Crippen molar-refractivity contribution >= 4 is 5.91 Å². The maximum atomic E-state index is 12.1. The van der Waals surface area contributed by atoms with Gasteiger partial charge in [0.15, 0.2) is 0 Å². The van der Waals surface area contributed by atoms with Crippen LogP contribution in [0.15, 0.2) is 0 Å². The molecule has 1 rings (SSSR count). The molecule has 1 amide bonds. The third-order valence-corrected chi connectivity index (χ3v) is 3.80. The van der Waals surface area contributed by atoms with Gasteiger partial charge in [0.1, 0.15) is 0 Å². The van der Waals surface area contributed by atoms with Crippen molar-refractivity contribution in [3.05, 3.63) is 0 Å². The van der Waals surface area contributed by atoms with Gasteiger partial charge in [-0.25, -0.2) is 0 Å². The summed E-state index contributed by atoms with van der Waals surface area (Å²) >= 11 is 0. The predicted octanol–water partition coefficient (Wildman–Crippen LogP) is 1.47. The Labute approximate surface area is 134 Å². The van der Waals surface area contributed by atoms with Crippen molar-refractivity contribution in [3.8, 4) is 0 Å². The van der Waals surface area contributed by atoms with Crippen molar-refractivity contribution in [1.82, 2.24) is 4.90 Å². The number of rotatable bonds is 13. The first-order chi connectivity index (χ1) is 10.8. The van der Waals surface area contributed by atoms with Gasteiger partial charge in [0.25, 0.3) is 0 Å². The van der Waals surface area contributed by atoms with E-state index in [0.29, 0.717) is 58.7 Å². The monoisotopic (exact) mass is 317 g/mol. The van der Waals surface area contributed by atoms with E-state index in [4.69, 9.17) is 18.9 Å². The van der Waals surface area contributed by atoms with Crippen molar-refractivity contribution in [2.24, 2.45) is 0 Å². The summed E-state index contributed by atoms with van der Waals surface area (Å²) in [4.78, 5) is 14.1. The molecule has 0 spiro atoms. The highest BCUT2D eigenvalue weighted by molar-refractivity contribution is 5.76. The van der Waals surface area contributed by atoms with E-state index >= 15 is 0 Å². The zero-order valence-electron chi connectivity index (χ0n) is 14.1. The Morgan fingerprint density at radius 1 is 1.00 bits per heavy atom. The molecule has 130 valence electrons. The summed E-state index contributed by atoms with van der Waals surface area (Å²) in [7, 11) is 1.65. The molecule has 1 saturated heterocycles. The highest BCUT2D eigenvalue weighted by Crippen LogP contribution is 2.20. The van der Waals surface area contributed by atoms with E-state index in [9.17, 15) is 4.79 Å². The number of hydrogen-bond acceptors (Lipinski definition) is 5. The van der Waals surface area contributed by atoms with Gasteiger partial charge in [0.05, 0.1) is 52.7 Å². The van der Waals surface area contributed by atoms with Gasteiger partial charge in [-0.05, 0) is 19.3 Å². The molecule has 0 aliphatic carbocycles. The summed E-state index contributed by atoms with van der Waals surface area (Å²) in [5.41, 5.74) is 0. The van der Waals surface area contributed by atoms with Crippen LogP contribution in [-0.4, -0.2) is 76.8 Å². The highest BCUT2D eigenvalue weighted by atomic mass is 16.6. The lowest BCUT2D eigenvalue weighted by atomic mass is 10.1. The molecule has 1 aliphatic rings. The normalized spacial score (nSPS) is 18.1. The molecule has 6 nitrogen and oxygen atoms in total. The molecule has 1 fully saturated rings.